The first-order chi connectivity index (χ1) is 12.4. The number of hydrogen-bond acceptors (Lipinski definition) is 4. The molecule has 0 aliphatic carbocycles. The molecule has 0 spiro atoms. The third kappa shape index (κ3) is 3.20. The molecule has 2 aromatic heterocycles. The number of quaternary nitrogens is 1. The predicted octanol–water partition coefficient (Wildman–Crippen LogP) is 3.52. The molecule has 3 atom stereocenters. The van der Waals surface area contributed by atoms with Gasteiger partial charge in [-0.3, -0.25) is 0 Å². The summed E-state index contributed by atoms with van der Waals surface area (Å²) in [7, 11) is 0. The van der Waals surface area contributed by atoms with E-state index in [0.29, 0.717) is 26.7 Å². The normalized spacial score (nSPS) is 22.0. The van der Waals surface area contributed by atoms with Gasteiger partial charge in [-0.1, -0.05) is 47.5 Å². The van der Waals surface area contributed by atoms with Crippen molar-refractivity contribution >= 4 is 39.5 Å². The fourth-order valence-electron chi connectivity index (χ4n) is 3.89. The topological polar surface area (TPSA) is 54.9 Å². The van der Waals surface area contributed by atoms with E-state index in [9.17, 15) is 5.11 Å². The van der Waals surface area contributed by atoms with Crippen LogP contribution in [0.5, 0.6) is 5.88 Å². The number of likely N-dealkylation sites (tertiary alicyclic amines) is 1. The predicted molar refractivity (Wildman–Crippen MR) is 105 cm³/mol. The van der Waals surface area contributed by atoms with Crippen LogP contribution in [-0.2, 0) is 0 Å². The van der Waals surface area contributed by atoms with Crippen LogP contribution in [0.15, 0.2) is 18.2 Å². The van der Waals surface area contributed by atoms with E-state index in [1.54, 1.807) is 0 Å². The summed E-state index contributed by atoms with van der Waals surface area (Å²) < 4.78 is 1.53. The Morgan fingerprint density at radius 2 is 2.15 bits per heavy atom. The van der Waals surface area contributed by atoms with Gasteiger partial charge in [-0.2, -0.15) is 4.52 Å². The molecule has 0 radical (unpaired) electrons. The molecule has 26 heavy (non-hydrogen) atoms. The van der Waals surface area contributed by atoms with E-state index in [1.807, 2.05) is 25.1 Å². The zero-order valence-electron chi connectivity index (χ0n) is 14.7. The van der Waals surface area contributed by atoms with Crippen LogP contribution in [0.1, 0.15) is 42.1 Å². The Bertz CT molecular complexity index is 954. The molecule has 4 rings (SSSR count). The van der Waals surface area contributed by atoms with Crippen molar-refractivity contribution in [2.24, 2.45) is 5.92 Å². The minimum atomic E-state index is -0.0127. The number of nitrogens with zero attached hydrogens (tertiary/aromatic N) is 3. The molecular weight excluding hydrogens is 391 g/mol. The van der Waals surface area contributed by atoms with Gasteiger partial charge < -0.3 is 10.0 Å². The second-order valence-electron chi connectivity index (χ2n) is 7.11. The van der Waals surface area contributed by atoms with Crippen LogP contribution < -0.4 is 4.90 Å². The molecule has 138 valence electrons. The maximum absolute atomic E-state index is 10.9. The number of hydrogen-bond donors (Lipinski definition) is 2. The summed E-state index contributed by atoms with van der Waals surface area (Å²) in [4.78, 5) is 7.44. The van der Waals surface area contributed by atoms with Crippen LogP contribution in [-0.4, -0.2) is 32.8 Å². The van der Waals surface area contributed by atoms with Crippen molar-refractivity contribution in [3.05, 3.63) is 44.5 Å². The van der Waals surface area contributed by atoms with Crippen molar-refractivity contribution in [2.75, 3.05) is 13.1 Å². The first-order valence-corrected chi connectivity index (χ1v) is 10.4. The average Bonchev–Trinajstić information content (AvgIpc) is 3.09. The highest BCUT2D eigenvalue weighted by Crippen LogP contribution is 2.37. The largest absolute Gasteiger partial charge is 0.492 e. The van der Waals surface area contributed by atoms with Crippen molar-refractivity contribution in [2.45, 2.75) is 32.7 Å². The SMILES string of the molecule is Cc1nc2sc([C@@H](c3ccc(Cl)c(Cl)c3)[NH+]3CCC[C@H](C)C3)c(O)n2n1. The Labute approximate surface area is 166 Å². The molecule has 1 unspecified atom stereocenters. The third-order valence-corrected chi connectivity index (χ3v) is 6.88. The van der Waals surface area contributed by atoms with E-state index in [4.69, 9.17) is 23.2 Å². The highest BCUT2D eigenvalue weighted by molar-refractivity contribution is 7.17. The number of aromatic hydroxyl groups is 1. The van der Waals surface area contributed by atoms with Gasteiger partial charge in [-0.15, -0.1) is 5.10 Å². The molecule has 3 heterocycles. The number of halogens is 2. The van der Waals surface area contributed by atoms with Gasteiger partial charge in [-0.25, -0.2) is 4.98 Å². The van der Waals surface area contributed by atoms with Gasteiger partial charge in [0.05, 0.1) is 23.1 Å². The van der Waals surface area contributed by atoms with Crippen molar-refractivity contribution in [3.63, 3.8) is 0 Å². The van der Waals surface area contributed by atoms with Crippen molar-refractivity contribution in [1.82, 2.24) is 14.6 Å². The summed E-state index contributed by atoms with van der Waals surface area (Å²) in [6.07, 6.45) is 2.42. The lowest BCUT2D eigenvalue weighted by Gasteiger charge is -2.34. The molecule has 1 aromatic carbocycles. The van der Waals surface area contributed by atoms with E-state index in [0.717, 1.165) is 23.5 Å². The monoisotopic (exact) mass is 411 g/mol. The lowest BCUT2D eigenvalue weighted by atomic mass is 9.95. The average molecular weight is 412 g/mol. The Morgan fingerprint density at radius 1 is 1.35 bits per heavy atom. The Morgan fingerprint density at radius 3 is 2.85 bits per heavy atom. The third-order valence-electron chi connectivity index (χ3n) is 5.06. The highest BCUT2D eigenvalue weighted by atomic mass is 35.5. The van der Waals surface area contributed by atoms with Crippen LogP contribution in [0.25, 0.3) is 4.96 Å². The van der Waals surface area contributed by atoms with E-state index >= 15 is 0 Å². The molecular formula is C18H21Cl2N4OS+. The van der Waals surface area contributed by atoms with Crippen molar-refractivity contribution < 1.29 is 10.0 Å². The Balaban J connectivity index is 1.84. The number of fused-ring (bicyclic) bond motifs is 1. The maximum atomic E-state index is 10.9. The number of benzene rings is 1. The van der Waals surface area contributed by atoms with Crippen LogP contribution in [0.3, 0.4) is 0 Å². The highest BCUT2D eigenvalue weighted by Gasteiger charge is 2.35. The van der Waals surface area contributed by atoms with E-state index < -0.39 is 0 Å². The van der Waals surface area contributed by atoms with E-state index in [1.165, 1.54) is 33.6 Å². The summed E-state index contributed by atoms with van der Waals surface area (Å²) in [6, 6.07) is 5.74. The van der Waals surface area contributed by atoms with Gasteiger partial charge >= 0.3 is 0 Å². The smallest absolute Gasteiger partial charge is 0.235 e. The zero-order valence-corrected chi connectivity index (χ0v) is 17.0. The standard InChI is InChI=1S/C18H20Cl2N4OS/c1-10-4-3-7-23(9-10)15(12-5-6-13(19)14(20)8-12)16-17(25)24-18(26-16)21-11(2)22-24/h5-6,8,10,15,25H,3-4,7,9H2,1-2H3/p+1/t10-,15+/m0/s1. The molecule has 0 bridgehead atoms. The lowest BCUT2D eigenvalue weighted by Crippen LogP contribution is -3.13. The van der Waals surface area contributed by atoms with E-state index in [2.05, 4.69) is 17.0 Å². The molecule has 0 amide bonds. The van der Waals surface area contributed by atoms with Gasteiger partial charge in [0.25, 0.3) is 0 Å². The molecule has 0 saturated carbocycles. The summed E-state index contributed by atoms with van der Waals surface area (Å²) in [5.74, 6) is 1.48. The number of aryl methyl sites for hydroxylation is 1. The minimum absolute atomic E-state index is 0.0127. The Kier molecular flexibility index (Phi) is 4.86. The number of rotatable bonds is 3. The van der Waals surface area contributed by atoms with Gasteiger partial charge in [0.1, 0.15) is 10.7 Å². The number of piperidine rings is 1. The molecule has 5 nitrogen and oxygen atoms in total. The van der Waals surface area contributed by atoms with Crippen molar-refractivity contribution in [3.8, 4) is 5.88 Å². The molecule has 2 N–H and O–H groups in total. The number of aromatic nitrogens is 3. The van der Waals surface area contributed by atoms with Gasteiger partial charge in [-0.05, 0) is 31.9 Å². The lowest BCUT2D eigenvalue weighted by molar-refractivity contribution is -0.933. The Hall–Kier alpha value is -1.34. The first-order valence-electron chi connectivity index (χ1n) is 8.78. The van der Waals surface area contributed by atoms with Crippen LogP contribution in [0, 0.1) is 12.8 Å². The summed E-state index contributed by atoms with van der Waals surface area (Å²) >= 11 is 13.9. The van der Waals surface area contributed by atoms with Crippen LogP contribution in [0.2, 0.25) is 10.0 Å². The van der Waals surface area contributed by atoms with Crippen LogP contribution >= 0.6 is 34.5 Å². The maximum Gasteiger partial charge on any atom is 0.235 e. The summed E-state index contributed by atoms with van der Waals surface area (Å²) in [5.41, 5.74) is 1.06. The fourth-order valence-corrected chi connectivity index (χ4v) is 5.39. The summed E-state index contributed by atoms with van der Waals surface area (Å²) in [5, 5.41) is 16.2. The quantitative estimate of drug-likeness (QED) is 0.692. The zero-order chi connectivity index (χ0) is 18.4. The summed E-state index contributed by atoms with van der Waals surface area (Å²) in [6.45, 7) is 6.22. The molecule has 8 heteroatoms. The number of thiazole rings is 1. The molecule has 1 fully saturated rings. The minimum Gasteiger partial charge on any atom is -0.492 e. The van der Waals surface area contributed by atoms with E-state index in [-0.39, 0.29) is 11.9 Å². The second kappa shape index (κ2) is 7.00. The molecule has 3 aromatic rings. The van der Waals surface area contributed by atoms with Crippen molar-refractivity contribution in [1.29, 1.82) is 0 Å². The van der Waals surface area contributed by atoms with Crippen LogP contribution in [0.4, 0.5) is 0 Å². The van der Waals surface area contributed by atoms with Gasteiger partial charge in [0.2, 0.25) is 10.8 Å². The number of nitrogens with one attached hydrogen (secondary N) is 1. The molecule has 1 aliphatic rings. The van der Waals surface area contributed by atoms with Gasteiger partial charge in [0, 0.05) is 11.5 Å². The second-order valence-corrected chi connectivity index (χ2v) is 8.93. The first kappa shape index (κ1) is 18.0. The fraction of sp³-hybridized carbons (Fsp3) is 0.444. The molecule has 1 saturated heterocycles. The van der Waals surface area contributed by atoms with Gasteiger partial charge in [0.15, 0.2) is 6.04 Å². The molecule has 1 aliphatic heterocycles.